The molecule has 1 unspecified atom stereocenters. The minimum absolute atomic E-state index is 0.0278. The van der Waals surface area contributed by atoms with E-state index in [4.69, 9.17) is 10.6 Å². The molecule has 1 fully saturated rings. The number of oxime groups is 1. The van der Waals surface area contributed by atoms with Crippen LogP contribution in [-0.4, -0.2) is 67.1 Å². The predicted molar refractivity (Wildman–Crippen MR) is 130 cm³/mol. The summed E-state index contributed by atoms with van der Waals surface area (Å²) in [5.74, 6) is -2.08. The number of carboxylic acids is 1. The van der Waals surface area contributed by atoms with E-state index in [1.54, 1.807) is 11.3 Å². The smallest absolute Gasteiger partial charge is 0.352 e. The second-order valence-electron chi connectivity index (χ2n) is 7.51. The van der Waals surface area contributed by atoms with Crippen LogP contribution in [0.15, 0.2) is 46.2 Å². The number of carboxylic acid groups (broad SMARTS) is 1. The van der Waals surface area contributed by atoms with Crippen molar-refractivity contribution in [2.75, 3.05) is 18.6 Å². The van der Waals surface area contributed by atoms with Crippen molar-refractivity contribution in [3.63, 3.8) is 0 Å². The number of aromatic nitrogens is 3. The third-order valence-corrected chi connectivity index (χ3v) is 8.27. The number of rotatable bonds is 7. The Bertz CT molecular complexity index is 1410. The number of nitrogens with two attached hydrogens (primary N) is 1. The molecule has 4 N–H and O–H groups in total. The van der Waals surface area contributed by atoms with E-state index < -0.39 is 29.2 Å². The Morgan fingerprint density at radius 1 is 1.43 bits per heavy atom. The molecule has 2 amide bonds. The number of anilines is 1. The quantitative estimate of drug-likeness (QED) is 0.169. The molecular formula is C20H18N7O5S3+. The molecule has 180 valence electrons. The lowest BCUT2D eigenvalue weighted by Crippen LogP contribution is -2.71. The zero-order valence-electron chi connectivity index (χ0n) is 18.1. The second kappa shape index (κ2) is 9.24. The Kier molecular flexibility index (Phi) is 6.12. The van der Waals surface area contributed by atoms with Gasteiger partial charge < -0.3 is 21.0 Å². The van der Waals surface area contributed by atoms with Gasteiger partial charge in [-0.15, -0.1) is 11.8 Å². The Labute approximate surface area is 210 Å². The van der Waals surface area contributed by atoms with Crippen LogP contribution in [-0.2, 0) is 25.8 Å². The van der Waals surface area contributed by atoms with E-state index in [2.05, 4.69) is 19.8 Å². The molecule has 2 atom stereocenters. The highest BCUT2D eigenvalue weighted by atomic mass is 32.2. The first-order valence-electron chi connectivity index (χ1n) is 10.2. The van der Waals surface area contributed by atoms with E-state index in [0.29, 0.717) is 17.9 Å². The first-order valence-corrected chi connectivity index (χ1v) is 12.9. The van der Waals surface area contributed by atoms with Gasteiger partial charge in [0.1, 0.15) is 24.2 Å². The summed E-state index contributed by atoms with van der Waals surface area (Å²) in [6.07, 6.45) is 1.89. The lowest BCUT2D eigenvalue weighted by molar-refractivity contribution is -0.661. The number of pyridine rings is 1. The third kappa shape index (κ3) is 4.11. The number of nitrogens with one attached hydrogen (secondary N) is 1. The van der Waals surface area contributed by atoms with Gasteiger partial charge in [0.15, 0.2) is 17.9 Å². The monoisotopic (exact) mass is 532 g/mol. The van der Waals surface area contributed by atoms with Gasteiger partial charge in [-0.3, -0.25) is 14.5 Å². The van der Waals surface area contributed by atoms with Crippen molar-refractivity contribution in [2.24, 2.45) is 5.16 Å². The summed E-state index contributed by atoms with van der Waals surface area (Å²) >= 11 is 3.83. The normalized spacial score (nSPS) is 20.0. The van der Waals surface area contributed by atoms with Crippen molar-refractivity contribution in [3.8, 4) is 0 Å². The van der Waals surface area contributed by atoms with Gasteiger partial charge in [0.25, 0.3) is 16.6 Å². The van der Waals surface area contributed by atoms with E-state index in [9.17, 15) is 19.5 Å². The Morgan fingerprint density at radius 3 is 2.97 bits per heavy atom. The molecule has 35 heavy (non-hydrogen) atoms. The van der Waals surface area contributed by atoms with Gasteiger partial charge in [-0.2, -0.15) is 13.9 Å². The van der Waals surface area contributed by atoms with Gasteiger partial charge in [-0.25, -0.2) is 4.79 Å². The summed E-state index contributed by atoms with van der Waals surface area (Å²) in [4.78, 5) is 48.9. The predicted octanol–water partition coefficient (Wildman–Crippen LogP) is 0.412. The number of fused-ring (bicyclic) bond motifs is 2. The maximum absolute atomic E-state index is 13.0. The van der Waals surface area contributed by atoms with Gasteiger partial charge in [0.2, 0.25) is 11.5 Å². The molecule has 15 heteroatoms. The molecule has 0 bridgehead atoms. The fourth-order valence-electron chi connectivity index (χ4n) is 3.94. The zero-order valence-corrected chi connectivity index (χ0v) is 20.5. The van der Waals surface area contributed by atoms with Crippen LogP contribution in [0.3, 0.4) is 0 Å². The fourth-order valence-corrected chi connectivity index (χ4v) is 6.59. The van der Waals surface area contributed by atoms with Crippen molar-refractivity contribution in [3.05, 3.63) is 46.9 Å². The molecule has 2 aliphatic heterocycles. The number of thiophene rings is 1. The van der Waals surface area contributed by atoms with Crippen LogP contribution in [0, 0.1) is 0 Å². The number of hydrogen-bond donors (Lipinski definition) is 3. The first kappa shape index (κ1) is 23.2. The maximum Gasteiger partial charge on any atom is 0.352 e. The van der Waals surface area contributed by atoms with Crippen molar-refractivity contribution in [1.82, 2.24) is 19.6 Å². The van der Waals surface area contributed by atoms with Crippen LogP contribution < -0.4 is 15.6 Å². The van der Waals surface area contributed by atoms with Crippen LogP contribution in [0.4, 0.5) is 5.13 Å². The molecule has 0 aliphatic carbocycles. The lowest BCUT2D eigenvalue weighted by Gasteiger charge is -2.49. The van der Waals surface area contributed by atoms with Crippen molar-refractivity contribution < 1.29 is 28.9 Å². The van der Waals surface area contributed by atoms with Crippen LogP contribution in [0.1, 0.15) is 5.82 Å². The molecular weight excluding hydrogens is 514 g/mol. The highest BCUT2D eigenvalue weighted by Gasteiger charge is 2.55. The number of thioether (sulfide) groups is 1. The van der Waals surface area contributed by atoms with Gasteiger partial charge in [-0.1, -0.05) is 16.5 Å². The number of aliphatic carboxylic acids is 1. The van der Waals surface area contributed by atoms with Crippen molar-refractivity contribution >= 4 is 73.5 Å². The number of nitrogens with zero attached hydrogens (tertiary/aromatic N) is 5. The molecule has 12 nitrogen and oxygen atoms in total. The number of amides is 2. The largest absolute Gasteiger partial charge is 0.477 e. The van der Waals surface area contributed by atoms with E-state index in [0.717, 1.165) is 21.7 Å². The van der Waals surface area contributed by atoms with Gasteiger partial charge in [0, 0.05) is 28.9 Å². The summed E-state index contributed by atoms with van der Waals surface area (Å²) in [7, 11) is 1.26. The zero-order chi connectivity index (χ0) is 24.7. The molecule has 5 rings (SSSR count). The van der Waals surface area contributed by atoms with Crippen LogP contribution in [0.5, 0.6) is 0 Å². The van der Waals surface area contributed by atoms with E-state index >= 15 is 0 Å². The maximum atomic E-state index is 13.0. The second-order valence-corrected chi connectivity index (χ2v) is 10.3. The summed E-state index contributed by atoms with van der Waals surface area (Å²) in [6.45, 7) is 0.335. The molecule has 1 saturated heterocycles. The summed E-state index contributed by atoms with van der Waals surface area (Å²) in [5, 5.41) is 18.8. The highest BCUT2D eigenvalue weighted by Crippen LogP contribution is 2.40. The molecule has 2 aliphatic rings. The molecule has 0 radical (unpaired) electrons. The highest BCUT2D eigenvalue weighted by molar-refractivity contribution is 8.00. The molecule has 0 spiro atoms. The SMILES string of the molecule is CON=C(C(=O)NC1C(=O)N2C(C(=O)O)=C(C[n+]3cccc4ccsc43)CS[C@H]12)c1nsc(N)n1. The Hall–Kier alpha value is -3.56. The molecule has 0 saturated carbocycles. The van der Waals surface area contributed by atoms with Crippen molar-refractivity contribution in [1.29, 1.82) is 0 Å². The number of carbonyl (C=O) groups excluding carboxylic acids is 2. The Morgan fingerprint density at radius 2 is 2.26 bits per heavy atom. The van der Waals surface area contributed by atoms with Crippen molar-refractivity contribution in [2.45, 2.75) is 18.0 Å². The third-order valence-electron chi connectivity index (χ3n) is 5.43. The number of hydrogen-bond acceptors (Lipinski definition) is 11. The van der Waals surface area contributed by atoms with Crippen LogP contribution >= 0.6 is 34.6 Å². The minimum atomic E-state index is -1.19. The Balaban J connectivity index is 1.38. The topological polar surface area (TPSA) is 164 Å². The van der Waals surface area contributed by atoms with Crippen LogP contribution in [0.25, 0.3) is 10.2 Å². The number of β-lactam (4-membered cyclic amide) rings is 1. The van der Waals surface area contributed by atoms with Gasteiger partial charge >= 0.3 is 5.97 Å². The van der Waals surface area contributed by atoms with E-state index in [1.807, 2.05) is 34.3 Å². The molecule has 3 aromatic rings. The molecule has 5 heterocycles. The van der Waals surface area contributed by atoms with Gasteiger partial charge in [-0.05, 0) is 17.5 Å². The molecule has 3 aromatic heterocycles. The van der Waals surface area contributed by atoms with E-state index in [-0.39, 0.29) is 22.4 Å². The average Bonchev–Trinajstić information content (AvgIpc) is 3.49. The number of carbonyl (C=O) groups is 3. The average molecular weight is 533 g/mol. The summed E-state index contributed by atoms with van der Waals surface area (Å²) < 4.78 is 5.93. The minimum Gasteiger partial charge on any atom is -0.477 e. The summed E-state index contributed by atoms with van der Waals surface area (Å²) in [6, 6.07) is 4.95. The first-order chi connectivity index (χ1) is 16.9. The van der Waals surface area contributed by atoms with Crippen LogP contribution in [0.2, 0.25) is 0 Å². The fraction of sp³-hybridized carbons (Fsp3) is 0.250. The van der Waals surface area contributed by atoms with E-state index in [1.165, 1.54) is 23.8 Å². The summed E-state index contributed by atoms with van der Waals surface area (Å²) in [5.41, 5.74) is 5.92. The lowest BCUT2D eigenvalue weighted by atomic mass is 10.0. The standard InChI is InChI=1S/C20H17N7O5S3/c1-32-24-11(14-23-20(21)35-25-14)15(28)22-12-16(29)27-13(19(30)31)10(8-34-18(12)27)7-26-5-2-3-9-4-6-33-17(9)26/h2-6,12,18H,7-8H2,1H3,(H3-,21,22,23,25,28,30,31)/p+1/t12?,18-/m1/s1. The molecule has 0 aromatic carbocycles. The number of nitrogen functional groups attached to an aromatic ring is 1. The van der Waals surface area contributed by atoms with Gasteiger partial charge in [0.05, 0.1) is 5.39 Å².